The van der Waals surface area contributed by atoms with Crippen LogP contribution in [-0.4, -0.2) is 32.7 Å². The lowest BCUT2D eigenvalue weighted by Crippen LogP contribution is -2.46. The topological polar surface area (TPSA) is 38.1 Å². The molecular weight excluding hydrogens is 294 g/mol. The van der Waals surface area contributed by atoms with Crippen LogP contribution >= 0.6 is 11.3 Å². The largest absolute Gasteiger partial charge is 0.333 e. The molecule has 4 rings (SSSR count). The van der Waals surface area contributed by atoms with E-state index in [1.807, 2.05) is 42.0 Å². The summed E-state index contributed by atoms with van der Waals surface area (Å²) in [5, 5.41) is 6.41. The van der Waals surface area contributed by atoms with Crippen molar-refractivity contribution in [3.63, 3.8) is 0 Å². The zero-order valence-electron chi connectivity index (χ0n) is 12.3. The number of rotatable bonds is 3. The van der Waals surface area contributed by atoms with Crippen molar-refractivity contribution in [1.29, 1.82) is 0 Å². The number of carbonyl (C=O) groups is 1. The van der Waals surface area contributed by atoms with Gasteiger partial charge in [0.05, 0.1) is 6.04 Å². The number of thiophene rings is 1. The third kappa shape index (κ3) is 2.50. The molecule has 2 atom stereocenters. The monoisotopic (exact) mass is 313 g/mol. The van der Waals surface area contributed by atoms with Crippen LogP contribution in [0, 0.1) is 0 Å². The first kappa shape index (κ1) is 13.8. The standard InChI is InChI=1S/C17H19N3OS/c21-17(7-6-16-3-1-10-22-16)20-13-4-5-14(20)12-15(11-13)19-9-2-8-18-19/h1-3,6-10,13-15H,4-5,11-12H2. The molecule has 1 amide bonds. The van der Waals surface area contributed by atoms with Crippen LogP contribution in [0.4, 0.5) is 0 Å². The minimum atomic E-state index is 0.166. The van der Waals surface area contributed by atoms with Crippen LogP contribution in [0.15, 0.2) is 42.0 Å². The summed E-state index contributed by atoms with van der Waals surface area (Å²) in [4.78, 5) is 15.8. The summed E-state index contributed by atoms with van der Waals surface area (Å²) in [5.74, 6) is 0.166. The predicted octanol–water partition coefficient (Wildman–Crippen LogP) is 3.35. The van der Waals surface area contributed by atoms with Crippen LogP contribution in [-0.2, 0) is 4.79 Å². The Morgan fingerprint density at radius 2 is 2.05 bits per heavy atom. The Morgan fingerprint density at radius 1 is 1.23 bits per heavy atom. The Balaban J connectivity index is 1.47. The molecule has 2 aromatic rings. The Morgan fingerprint density at radius 3 is 2.68 bits per heavy atom. The maximum absolute atomic E-state index is 12.6. The van der Waals surface area contributed by atoms with Gasteiger partial charge < -0.3 is 4.90 Å². The third-order valence-corrected chi connectivity index (χ3v) is 5.63. The third-order valence-electron chi connectivity index (χ3n) is 4.80. The van der Waals surface area contributed by atoms with Gasteiger partial charge >= 0.3 is 0 Å². The SMILES string of the molecule is O=C(C=Cc1cccs1)N1C2CCC1CC(n1cccn1)C2. The predicted molar refractivity (Wildman–Crippen MR) is 87.5 cm³/mol. The summed E-state index contributed by atoms with van der Waals surface area (Å²) in [6, 6.07) is 7.20. The van der Waals surface area contributed by atoms with Crippen LogP contribution in [0.25, 0.3) is 6.08 Å². The number of carbonyl (C=O) groups excluding carboxylic acids is 1. The molecule has 0 radical (unpaired) electrons. The molecule has 0 N–H and O–H groups in total. The molecule has 0 spiro atoms. The number of piperidine rings is 1. The summed E-state index contributed by atoms with van der Waals surface area (Å²) in [6.07, 6.45) is 11.9. The van der Waals surface area contributed by atoms with Crippen molar-refractivity contribution in [3.05, 3.63) is 46.9 Å². The molecule has 4 heterocycles. The van der Waals surface area contributed by atoms with Gasteiger partial charge in [0.1, 0.15) is 0 Å². The van der Waals surface area contributed by atoms with Gasteiger partial charge in [-0.15, -0.1) is 11.3 Å². The summed E-state index contributed by atoms with van der Waals surface area (Å²) in [6.45, 7) is 0. The van der Waals surface area contributed by atoms with Crippen LogP contribution in [0.5, 0.6) is 0 Å². The van der Waals surface area contributed by atoms with E-state index in [0.29, 0.717) is 18.1 Å². The Kier molecular flexibility index (Phi) is 3.58. The van der Waals surface area contributed by atoms with Gasteiger partial charge in [-0.2, -0.15) is 5.10 Å². The van der Waals surface area contributed by atoms with Crippen molar-refractivity contribution in [2.24, 2.45) is 0 Å². The van der Waals surface area contributed by atoms with Gasteiger partial charge in [0.2, 0.25) is 5.91 Å². The van der Waals surface area contributed by atoms with Crippen LogP contribution < -0.4 is 0 Å². The molecule has 2 fully saturated rings. The van der Waals surface area contributed by atoms with Gasteiger partial charge in [-0.05, 0) is 49.3 Å². The van der Waals surface area contributed by atoms with Crippen molar-refractivity contribution in [2.75, 3.05) is 0 Å². The first-order valence-corrected chi connectivity index (χ1v) is 8.72. The van der Waals surface area contributed by atoms with Gasteiger partial charge in [0.25, 0.3) is 0 Å². The van der Waals surface area contributed by atoms with E-state index < -0.39 is 0 Å². The normalized spacial score (nSPS) is 27.6. The zero-order valence-corrected chi connectivity index (χ0v) is 13.2. The fraction of sp³-hybridized carbons (Fsp3) is 0.412. The molecule has 4 nitrogen and oxygen atoms in total. The van der Waals surface area contributed by atoms with E-state index in [4.69, 9.17) is 0 Å². The van der Waals surface area contributed by atoms with Crippen LogP contribution in [0.1, 0.15) is 36.6 Å². The molecule has 114 valence electrons. The van der Waals surface area contributed by atoms with E-state index in [-0.39, 0.29) is 5.91 Å². The fourth-order valence-electron chi connectivity index (χ4n) is 3.85. The van der Waals surface area contributed by atoms with Crippen molar-refractivity contribution in [2.45, 2.75) is 43.8 Å². The number of amides is 1. The van der Waals surface area contributed by atoms with Gasteiger partial charge in [-0.3, -0.25) is 9.48 Å². The molecular formula is C17H19N3OS. The number of hydrogen-bond acceptors (Lipinski definition) is 3. The van der Waals surface area contributed by atoms with Crippen molar-refractivity contribution in [3.8, 4) is 0 Å². The first-order valence-electron chi connectivity index (χ1n) is 7.84. The van der Waals surface area contributed by atoms with Gasteiger partial charge in [-0.25, -0.2) is 0 Å². The Bertz CT molecular complexity index is 648. The quantitative estimate of drug-likeness (QED) is 0.815. The molecule has 2 aliphatic heterocycles. The number of nitrogens with zero attached hydrogens (tertiary/aromatic N) is 3. The Labute approximate surface area is 134 Å². The second kappa shape index (κ2) is 5.72. The highest BCUT2D eigenvalue weighted by Gasteiger charge is 2.43. The van der Waals surface area contributed by atoms with Gasteiger partial charge in [0.15, 0.2) is 0 Å². The smallest absolute Gasteiger partial charge is 0.247 e. The maximum Gasteiger partial charge on any atom is 0.247 e. The van der Waals surface area contributed by atoms with Crippen molar-refractivity contribution >= 4 is 23.3 Å². The molecule has 22 heavy (non-hydrogen) atoms. The molecule has 0 aromatic carbocycles. The van der Waals surface area contributed by atoms with Crippen LogP contribution in [0.3, 0.4) is 0 Å². The molecule has 0 aliphatic carbocycles. The fourth-order valence-corrected chi connectivity index (χ4v) is 4.46. The number of aromatic nitrogens is 2. The van der Waals surface area contributed by atoms with Crippen LogP contribution in [0.2, 0.25) is 0 Å². The lowest BCUT2D eigenvalue weighted by atomic mass is 9.97. The van der Waals surface area contributed by atoms with E-state index >= 15 is 0 Å². The summed E-state index contributed by atoms with van der Waals surface area (Å²) in [5.41, 5.74) is 0. The van der Waals surface area contributed by atoms with Crippen molar-refractivity contribution < 1.29 is 4.79 Å². The zero-order chi connectivity index (χ0) is 14.9. The summed E-state index contributed by atoms with van der Waals surface area (Å²) >= 11 is 1.66. The van der Waals surface area contributed by atoms with E-state index in [2.05, 4.69) is 14.7 Å². The molecule has 0 saturated carbocycles. The number of hydrogen-bond donors (Lipinski definition) is 0. The van der Waals surface area contributed by atoms with E-state index in [1.165, 1.54) is 0 Å². The van der Waals surface area contributed by atoms with E-state index in [1.54, 1.807) is 17.4 Å². The molecule has 2 aromatic heterocycles. The van der Waals surface area contributed by atoms with E-state index in [0.717, 1.165) is 30.6 Å². The second-order valence-electron chi connectivity index (χ2n) is 6.09. The lowest BCUT2D eigenvalue weighted by molar-refractivity contribution is -0.130. The molecule has 5 heteroatoms. The second-order valence-corrected chi connectivity index (χ2v) is 7.07. The highest BCUT2D eigenvalue weighted by atomic mass is 32.1. The summed E-state index contributed by atoms with van der Waals surface area (Å²) < 4.78 is 2.06. The lowest BCUT2D eigenvalue weighted by Gasteiger charge is -2.38. The van der Waals surface area contributed by atoms with Gasteiger partial charge in [-0.1, -0.05) is 6.07 Å². The minimum absolute atomic E-state index is 0.166. The average Bonchev–Trinajstić information content (AvgIpc) is 3.25. The average molecular weight is 313 g/mol. The van der Waals surface area contributed by atoms with Crippen molar-refractivity contribution in [1.82, 2.24) is 14.7 Å². The minimum Gasteiger partial charge on any atom is -0.333 e. The molecule has 2 aliphatic rings. The number of fused-ring (bicyclic) bond motifs is 2. The molecule has 2 bridgehead atoms. The first-order chi connectivity index (χ1) is 10.8. The van der Waals surface area contributed by atoms with E-state index in [9.17, 15) is 4.79 Å². The maximum atomic E-state index is 12.6. The Hall–Kier alpha value is -1.88. The summed E-state index contributed by atoms with van der Waals surface area (Å²) in [7, 11) is 0. The van der Waals surface area contributed by atoms with Gasteiger partial charge in [0, 0.05) is 35.4 Å². The highest BCUT2D eigenvalue weighted by Crippen LogP contribution is 2.40. The molecule has 2 unspecified atom stereocenters. The molecule has 2 saturated heterocycles. The highest BCUT2D eigenvalue weighted by molar-refractivity contribution is 7.10.